The van der Waals surface area contributed by atoms with Gasteiger partial charge in [0.05, 0.1) is 23.4 Å². The second-order valence-electron chi connectivity index (χ2n) is 13.6. The van der Waals surface area contributed by atoms with Gasteiger partial charge >= 0.3 is 11.9 Å². The maximum absolute atomic E-state index is 13.2. The minimum absolute atomic E-state index is 0.0898. The van der Waals surface area contributed by atoms with Gasteiger partial charge in [0.15, 0.2) is 0 Å². The highest BCUT2D eigenvalue weighted by molar-refractivity contribution is 6.35. The lowest BCUT2D eigenvalue weighted by molar-refractivity contribution is -0.191. The van der Waals surface area contributed by atoms with Crippen LogP contribution in [0.1, 0.15) is 50.5 Å². The number of halogens is 5. The standard InChI is InChI=1S/C38H41Cl2F3N8O4/c1-3-5-27(4-2)51-36(52)50(25-45-51)30-9-7-28(8-10-30)47-16-18-48(19-17-47)29-11-13-31(14-12-29)53-21-32-22-54-37(55-32,33-15-6-26(39)20-34(33)40)23-49-24-44-35(46-49)38(41,42)43/h6-15,20,24-25,27,32H,3-5,16-19,21-23H2,1-2H3/t27?,32-,37-/m1/s1. The zero-order valence-corrected chi connectivity index (χ0v) is 31.8. The van der Waals surface area contributed by atoms with Crippen molar-refractivity contribution in [2.75, 3.05) is 49.2 Å². The highest BCUT2D eigenvalue weighted by Gasteiger charge is 2.46. The molecule has 0 bridgehead atoms. The lowest BCUT2D eigenvalue weighted by Gasteiger charge is -2.37. The molecule has 2 aromatic heterocycles. The van der Waals surface area contributed by atoms with Crippen LogP contribution in [0, 0.1) is 0 Å². The number of alkyl halides is 3. The van der Waals surface area contributed by atoms with Gasteiger partial charge in [-0.1, -0.05) is 49.5 Å². The highest BCUT2D eigenvalue weighted by Crippen LogP contribution is 2.41. The summed E-state index contributed by atoms with van der Waals surface area (Å²) in [6.45, 7) is 7.46. The first kappa shape index (κ1) is 38.7. The Morgan fingerprint density at radius 1 is 0.927 bits per heavy atom. The van der Waals surface area contributed by atoms with E-state index in [1.807, 2.05) is 36.4 Å². The molecule has 0 saturated carbocycles. The molecule has 2 aliphatic rings. The average molecular weight is 802 g/mol. The van der Waals surface area contributed by atoms with Gasteiger partial charge in [0.2, 0.25) is 5.79 Å². The van der Waals surface area contributed by atoms with Gasteiger partial charge in [-0.3, -0.25) is 0 Å². The van der Waals surface area contributed by atoms with Crippen LogP contribution in [0.15, 0.2) is 84.2 Å². The van der Waals surface area contributed by atoms with Gasteiger partial charge in [0, 0.05) is 48.1 Å². The van der Waals surface area contributed by atoms with Crippen molar-refractivity contribution in [2.45, 2.75) is 63.8 Å². The first-order valence-corrected chi connectivity index (χ1v) is 18.9. The third kappa shape index (κ3) is 8.49. The number of benzene rings is 3. The van der Waals surface area contributed by atoms with E-state index >= 15 is 0 Å². The van der Waals surface area contributed by atoms with E-state index in [1.165, 1.54) is 6.07 Å². The van der Waals surface area contributed by atoms with Gasteiger partial charge in [0.1, 0.15) is 37.7 Å². The topological polar surface area (TPSA) is 105 Å². The van der Waals surface area contributed by atoms with Gasteiger partial charge in [-0.25, -0.2) is 23.7 Å². The smallest absolute Gasteiger partial charge is 0.453 e. The Morgan fingerprint density at radius 2 is 1.58 bits per heavy atom. The molecule has 0 radical (unpaired) electrons. The van der Waals surface area contributed by atoms with E-state index in [0.29, 0.717) is 16.3 Å². The second-order valence-corrected chi connectivity index (χ2v) is 14.4. The number of piperazine rings is 1. The maximum Gasteiger partial charge on any atom is 0.453 e. The van der Waals surface area contributed by atoms with E-state index in [1.54, 1.807) is 27.7 Å². The van der Waals surface area contributed by atoms with Crippen molar-refractivity contribution >= 4 is 34.6 Å². The number of anilines is 2. The summed E-state index contributed by atoms with van der Waals surface area (Å²) >= 11 is 12.6. The molecule has 2 aliphatic heterocycles. The minimum Gasteiger partial charge on any atom is -0.491 e. The van der Waals surface area contributed by atoms with Crippen LogP contribution in [0.5, 0.6) is 5.75 Å². The van der Waals surface area contributed by atoms with Crippen molar-refractivity contribution in [1.82, 2.24) is 29.1 Å². The highest BCUT2D eigenvalue weighted by atomic mass is 35.5. The molecular formula is C38H41Cl2F3N8O4. The molecule has 5 aromatic rings. The fourth-order valence-electron chi connectivity index (χ4n) is 7.03. The molecule has 2 fully saturated rings. The van der Waals surface area contributed by atoms with Crippen LogP contribution in [0.4, 0.5) is 24.5 Å². The summed E-state index contributed by atoms with van der Waals surface area (Å²) in [4.78, 5) is 21.1. The Morgan fingerprint density at radius 3 is 2.18 bits per heavy atom. The number of hydrogen-bond acceptors (Lipinski definition) is 9. The molecule has 55 heavy (non-hydrogen) atoms. The van der Waals surface area contributed by atoms with E-state index in [2.05, 4.69) is 51.0 Å². The van der Waals surface area contributed by atoms with Crippen molar-refractivity contribution in [1.29, 1.82) is 0 Å². The molecule has 1 unspecified atom stereocenters. The maximum atomic E-state index is 13.2. The van der Waals surface area contributed by atoms with Crippen LogP contribution >= 0.6 is 23.2 Å². The number of hydrogen-bond donors (Lipinski definition) is 0. The summed E-state index contributed by atoms with van der Waals surface area (Å²) in [5, 5.41) is 8.58. The van der Waals surface area contributed by atoms with Crippen molar-refractivity contribution in [3.63, 3.8) is 0 Å². The van der Waals surface area contributed by atoms with Crippen molar-refractivity contribution in [3.8, 4) is 11.4 Å². The molecule has 4 heterocycles. The predicted octanol–water partition coefficient (Wildman–Crippen LogP) is 7.38. The normalized spacial score (nSPS) is 19.6. The summed E-state index contributed by atoms with van der Waals surface area (Å²) in [5.74, 6) is -2.21. The first-order valence-electron chi connectivity index (χ1n) is 18.2. The van der Waals surface area contributed by atoms with E-state index < -0.39 is 23.9 Å². The molecule has 0 aliphatic carbocycles. The molecule has 0 amide bonds. The Labute approximate surface area is 325 Å². The summed E-state index contributed by atoms with van der Waals surface area (Å²) < 4.78 is 62.4. The number of ether oxygens (including phenoxy) is 3. The molecule has 3 aromatic carbocycles. The SMILES string of the molecule is CCCC(CC)n1ncn(-c2ccc(N3CCN(c4ccc(OC[C@@H]5CO[C@@](Cn6cnc(C(F)(F)F)n6)(c6ccc(Cl)cc6Cl)O5)cc4)CC3)cc2)c1=O. The van der Waals surface area contributed by atoms with Gasteiger partial charge in [-0.15, -0.1) is 5.10 Å². The van der Waals surface area contributed by atoms with Crippen LogP contribution in [0.2, 0.25) is 10.0 Å². The van der Waals surface area contributed by atoms with E-state index in [-0.39, 0.29) is 36.5 Å². The van der Waals surface area contributed by atoms with Crippen molar-refractivity contribution in [2.24, 2.45) is 0 Å². The molecule has 12 nitrogen and oxygen atoms in total. The third-order valence-electron chi connectivity index (χ3n) is 9.90. The molecule has 0 spiro atoms. The third-order valence-corrected chi connectivity index (χ3v) is 10.5. The van der Waals surface area contributed by atoms with Crippen LogP contribution in [-0.2, 0) is 28.0 Å². The Bertz CT molecular complexity index is 2120. The summed E-state index contributed by atoms with van der Waals surface area (Å²) in [6, 6.07) is 20.7. The number of aromatic nitrogens is 6. The summed E-state index contributed by atoms with van der Waals surface area (Å²) in [7, 11) is 0. The van der Waals surface area contributed by atoms with E-state index in [4.69, 9.17) is 37.4 Å². The monoisotopic (exact) mass is 800 g/mol. The van der Waals surface area contributed by atoms with Crippen LogP contribution < -0.4 is 20.2 Å². The molecule has 2 saturated heterocycles. The second kappa shape index (κ2) is 16.3. The zero-order chi connectivity index (χ0) is 38.7. The average Bonchev–Trinajstić information content (AvgIpc) is 3.93. The molecule has 7 rings (SSSR count). The fraction of sp³-hybridized carbons (Fsp3) is 0.421. The lowest BCUT2D eigenvalue weighted by Crippen LogP contribution is -2.46. The van der Waals surface area contributed by atoms with Crippen LogP contribution in [-0.4, -0.2) is 74.6 Å². The van der Waals surface area contributed by atoms with Gasteiger partial charge in [-0.05, 0) is 73.5 Å². The Balaban J connectivity index is 0.933. The van der Waals surface area contributed by atoms with Crippen LogP contribution in [0.25, 0.3) is 5.69 Å². The summed E-state index contributed by atoms with van der Waals surface area (Å²) in [6.07, 6.45) is 0.0783. The Hall–Kier alpha value is -4.57. The zero-order valence-electron chi connectivity index (χ0n) is 30.3. The molecular weight excluding hydrogens is 760 g/mol. The fourth-order valence-corrected chi connectivity index (χ4v) is 7.59. The molecule has 292 valence electrons. The summed E-state index contributed by atoms with van der Waals surface area (Å²) in [5.41, 5.74) is 3.22. The first-order chi connectivity index (χ1) is 26.5. The molecule has 17 heteroatoms. The van der Waals surface area contributed by atoms with Crippen molar-refractivity contribution in [3.05, 3.63) is 111 Å². The van der Waals surface area contributed by atoms with E-state index in [9.17, 15) is 18.0 Å². The van der Waals surface area contributed by atoms with Crippen LogP contribution in [0.3, 0.4) is 0 Å². The molecule has 3 atom stereocenters. The van der Waals surface area contributed by atoms with Crippen molar-refractivity contribution < 1.29 is 27.4 Å². The Kier molecular flexibility index (Phi) is 11.4. The predicted molar refractivity (Wildman–Crippen MR) is 202 cm³/mol. The van der Waals surface area contributed by atoms with Gasteiger partial charge < -0.3 is 24.0 Å². The number of rotatable bonds is 13. The number of nitrogens with zero attached hydrogens (tertiary/aromatic N) is 8. The minimum atomic E-state index is -4.70. The lowest BCUT2D eigenvalue weighted by atomic mass is 10.1. The van der Waals surface area contributed by atoms with E-state index in [0.717, 1.165) is 73.5 Å². The van der Waals surface area contributed by atoms with Gasteiger partial charge in [0.25, 0.3) is 5.82 Å². The van der Waals surface area contributed by atoms with Gasteiger partial charge in [-0.2, -0.15) is 18.3 Å². The quantitative estimate of drug-likeness (QED) is 0.121. The molecule has 0 N–H and O–H groups in total. The largest absolute Gasteiger partial charge is 0.491 e.